The second-order valence-electron chi connectivity index (χ2n) is 2.73. The highest BCUT2D eigenvalue weighted by atomic mass is 32.2. The first-order chi connectivity index (χ1) is 6.08. The molecule has 0 unspecified atom stereocenters. The Morgan fingerprint density at radius 3 is 2.38 bits per heavy atom. The summed E-state index contributed by atoms with van der Waals surface area (Å²) in [6.45, 7) is 2.47. The summed E-state index contributed by atoms with van der Waals surface area (Å²) in [7, 11) is -3.25. The van der Waals surface area contributed by atoms with Gasteiger partial charge in [0, 0.05) is 19.6 Å². The van der Waals surface area contributed by atoms with E-state index in [4.69, 9.17) is 10.8 Å². The van der Waals surface area contributed by atoms with E-state index in [1.165, 1.54) is 4.31 Å². The predicted octanol–water partition coefficient (Wildman–Crippen LogP) is -1.02. The molecule has 0 saturated carbocycles. The minimum absolute atomic E-state index is 0.0486. The number of rotatable bonds is 7. The Bertz CT molecular complexity index is 210. The lowest BCUT2D eigenvalue weighted by Gasteiger charge is -2.19. The first-order valence-electron chi connectivity index (χ1n) is 4.37. The fraction of sp³-hybridized carbons (Fsp3) is 1.00. The highest BCUT2D eigenvalue weighted by Gasteiger charge is 2.19. The molecule has 0 aliphatic heterocycles. The highest BCUT2D eigenvalue weighted by molar-refractivity contribution is 7.89. The number of sulfonamides is 1. The van der Waals surface area contributed by atoms with Crippen molar-refractivity contribution in [1.29, 1.82) is 0 Å². The average molecular weight is 210 g/mol. The summed E-state index contributed by atoms with van der Waals surface area (Å²) in [5.41, 5.74) is 5.18. The van der Waals surface area contributed by atoms with Gasteiger partial charge in [-0.1, -0.05) is 6.92 Å². The number of nitrogens with zero attached hydrogens (tertiary/aromatic N) is 1. The van der Waals surface area contributed by atoms with Crippen molar-refractivity contribution in [3.63, 3.8) is 0 Å². The van der Waals surface area contributed by atoms with Crippen LogP contribution in [-0.4, -0.2) is 49.8 Å². The van der Waals surface area contributed by atoms with Gasteiger partial charge in [0.25, 0.3) is 0 Å². The summed E-state index contributed by atoms with van der Waals surface area (Å²) in [6.07, 6.45) is 0.740. The molecule has 0 aliphatic rings. The van der Waals surface area contributed by atoms with Gasteiger partial charge in [0.15, 0.2) is 0 Å². The number of hydrogen-bond donors (Lipinski definition) is 2. The van der Waals surface area contributed by atoms with E-state index in [-0.39, 0.29) is 25.4 Å². The maximum absolute atomic E-state index is 11.4. The zero-order valence-electron chi connectivity index (χ0n) is 7.94. The van der Waals surface area contributed by atoms with Crippen molar-refractivity contribution in [3.05, 3.63) is 0 Å². The quantitative estimate of drug-likeness (QED) is 0.563. The molecule has 0 heterocycles. The summed E-state index contributed by atoms with van der Waals surface area (Å²) in [6, 6.07) is 0. The van der Waals surface area contributed by atoms with Crippen LogP contribution in [0.1, 0.15) is 13.3 Å². The van der Waals surface area contributed by atoms with Crippen molar-refractivity contribution in [2.75, 3.05) is 32.0 Å². The number of aliphatic hydroxyl groups is 1. The fourth-order valence-corrected chi connectivity index (χ4v) is 2.41. The second kappa shape index (κ2) is 6.31. The molecular weight excluding hydrogens is 192 g/mol. The highest BCUT2D eigenvalue weighted by Crippen LogP contribution is 2.01. The molecule has 0 atom stereocenters. The molecule has 6 heteroatoms. The van der Waals surface area contributed by atoms with E-state index < -0.39 is 10.0 Å². The number of aliphatic hydroxyl groups excluding tert-OH is 1. The molecule has 80 valence electrons. The van der Waals surface area contributed by atoms with Gasteiger partial charge in [-0.15, -0.1) is 0 Å². The molecule has 3 N–H and O–H groups in total. The minimum atomic E-state index is -3.25. The second-order valence-corrected chi connectivity index (χ2v) is 4.82. The van der Waals surface area contributed by atoms with E-state index in [2.05, 4.69) is 0 Å². The van der Waals surface area contributed by atoms with Gasteiger partial charge in [-0.2, -0.15) is 4.31 Å². The molecule has 0 aromatic carbocycles. The smallest absolute Gasteiger partial charge is 0.215 e. The Hall–Kier alpha value is -0.170. The Morgan fingerprint density at radius 1 is 1.38 bits per heavy atom. The predicted molar refractivity (Wildman–Crippen MR) is 51.8 cm³/mol. The van der Waals surface area contributed by atoms with E-state index in [0.717, 1.165) is 6.42 Å². The average Bonchev–Trinajstić information content (AvgIpc) is 2.04. The van der Waals surface area contributed by atoms with Gasteiger partial charge in [-0.3, -0.25) is 0 Å². The maximum atomic E-state index is 11.4. The van der Waals surface area contributed by atoms with Gasteiger partial charge >= 0.3 is 0 Å². The zero-order chi connectivity index (χ0) is 10.3. The van der Waals surface area contributed by atoms with Crippen molar-refractivity contribution < 1.29 is 13.5 Å². The Balaban J connectivity index is 4.33. The van der Waals surface area contributed by atoms with E-state index in [1.54, 1.807) is 0 Å². The van der Waals surface area contributed by atoms with Crippen molar-refractivity contribution >= 4 is 10.0 Å². The summed E-state index contributed by atoms with van der Waals surface area (Å²) in [4.78, 5) is 0. The molecule has 0 rings (SSSR count). The monoisotopic (exact) mass is 210 g/mol. The molecule has 0 amide bonds. The molecule has 0 aliphatic carbocycles. The van der Waals surface area contributed by atoms with E-state index in [0.29, 0.717) is 6.54 Å². The zero-order valence-corrected chi connectivity index (χ0v) is 8.76. The lowest BCUT2D eigenvalue weighted by Crippen LogP contribution is -2.37. The Labute approximate surface area is 79.6 Å². The van der Waals surface area contributed by atoms with E-state index >= 15 is 0 Å². The van der Waals surface area contributed by atoms with Crippen LogP contribution in [0.5, 0.6) is 0 Å². The van der Waals surface area contributed by atoms with Crippen molar-refractivity contribution in [3.8, 4) is 0 Å². The molecule has 5 nitrogen and oxygen atoms in total. The van der Waals surface area contributed by atoms with Gasteiger partial charge in [-0.05, 0) is 6.42 Å². The third-order valence-electron chi connectivity index (χ3n) is 1.59. The molecule has 0 fully saturated rings. The summed E-state index contributed by atoms with van der Waals surface area (Å²) in [5, 5.41) is 8.66. The van der Waals surface area contributed by atoms with Crippen LogP contribution in [0.25, 0.3) is 0 Å². The van der Waals surface area contributed by atoms with Crippen molar-refractivity contribution in [1.82, 2.24) is 4.31 Å². The third kappa shape index (κ3) is 4.56. The molecule has 0 aromatic rings. The molecule has 0 bridgehead atoms. The van der Waals surface area contributed by atoms with Gasteiger partial charge in [0.05, 0.1) is 12.4 Å². The summed E-state index contributed by atoms with van der Waals surface area (Å²) < 4.78 is 24.2. The summed E-state index contributed by atoms with van der Waals surface area (Å²) >= 11 is 0. The van der Waals surface area contributed by atoms with Crippen LogP contribution in [0, 0.1) is 0 Å². The maximum Gasteiger partial charge on any atom is 0.215 e. The lowest BCUT2D eigenvalue weighted by molar-refractivity contribution is 0.253. The van der Waals surface area contributed by atoms with E-state index in [9.17, 15) is 8.42 Å². The van der Waals surface area contributed by atoms with Crippen LogP contribution >= 0.6 is 0 Å². The molecule has 0 aromatic heterocycles. The van der Waals surface area contributed by atoms with Crippen LogP contribution in [0.4, 0.5) is 0 Å². The summed E-state index contributed by atoms with van der Waals surface area (Å²) in [5.74, 6) is -0.0486. The Morgan fingerprint density at radius 2 is 2.00 bits per heavy atom. The third-order valence-corrected chi connectivity index (χ3v) is 3.50. The SMILES string of the molecule is CCCN(CCO)S(=O)(=O)CCN. The van der Waals surface area contributed by atoms with Crippen LogP contribution in [0.2, 0.25) is 0 Å². The molecule has 13 heavy (non-hydrogen) atoms. The van der Waals surface area contributed by atoms with Crippen LogP contribution in [-0.2, 0) is 10.0 Å². The fourth-order valence-electron chi connectivity index (χ4n) is 1.03. The van der Waals surface area contributed by atoms with Crippen LogP contribution < -0.4 is 5.73 Å². The van der Waals surface area contributed by atoms with Crippen LogP contribution in [0.3, 0.4) is 0 Å². The topological polar surface area (TPSA) is 83.6 Å². The van der Waals surface area contributed by atoms with Gasteiger partial charge in [-0.25, -0.2) is 8.42 Å². The van der Waals surface area contributed by atoms with Gasteiger partial charge in [0.1, 0.15) is 0 Å². The van der Waals surface area contributed by atoms with Gasteiger partial charge < -0.3 is 10.8 Å². The van der Waals surface area contributed by atoms with E-state index in [1.807, 2.05) is 6.92 Å². The molecular formula is C7H18N2O3S. The standard InChI is InChI=1S/C7H18N2O3S/c1-2-4-9(5-6-10)13(11,12)7-3-8/h10H,2-8H2,1H3. The number of nitrogens with two attached hydrogens (primary N) is 1. The van der Waals surface area contributed by atoms with Crippen molar-refractivity contribution in [2.24, 2.45) is 5.73 Å². The first-order valence-corrected chi connectivity index (χ1v) is 5.98. The van der Waals surface area contributed by atoms with Crippen molar-refractivity contribution in [2.45, 2.75) is 13.3 Å². The number of hydrogen-bond acceptors (Lipinski definition) is 4. The van der Waals surface area contributed by atoms with Gasteiger partial charge in [0.2, 0.25) is 10.0 Å². The molecule has 0 radical (unpaired) electrons. The normalized spacial score (nSPS) is 12.3. The largest absolute Gasteiger partial charge is 0.395 e. The molecule has 0 saturated heterocycles. The minimum Gasteiger partial charge on any atom is -0.395 e. The Kier molecular flexibility index (Phi) is 6.23. The lowest BCUT2D eigenvalue weighted by atomic mass is 10.5. The molecule has 0 spiro atoms. The first kappa shape index (κ1) is 12.8. The van der Waals surface area contributed by atoms with Crippen LogP contribution in [0.15, 0.2) is 0 Å².